The largest absolute Gasteiger partial charge is 0.358 e. The number of hydrogen-bond donors (Lipinski definition) is 2. The fourth-order valence-electron chi connectivity index (χ4n) is 0.792. The molecule has 0 spiro atoms. The normalized spacial score (nSPS) is 13.3. The van der Waals surface area contributed by atoms with Gasteiger partial charge in [0, 0.05) is 13.1 Å². The lowest BCUT2D eigenvalue weighted by atomic mass is 10.2. The average Bonchev–Trinajstić information content (AvgIpc) is 1.85. The third-order valence-corrected chi connectivity index (χ3v) is 1.22. The molecule has 0 aliphatic heterocycles. The molecule has 10 heavy (non-hydrogen) atoms. The van der Waals surface area contributed by atoms with Crippen LogP contribution in [-0.2, 0) is 4.79 Å². The fraction of sp³-hybridized carbons (Fsp3) is 0.857. The molecule has 0 aromatic rings. The van der Waals surface area contributed by atoms with Gasteiger partial charge in [-0.05, 0) is 6.92 Å². The summed E-state index contributed by atoms with van der Waals surface area (Å²) in [7, 11) is 1.64. The number of rotatable bonds is 3. The second kappa shape index (κ2) is 4.28. The topological polar surface area (TPSA) is 41.1 Å². The predicted molar refractivity (Wildman–Crippen MR) is 41.8 cm³/mol. The van der Waals surface area contributed by atoms with Crippen molar-refractivity contribution in [2.45, 2.75) is 32.9 Å². The quantitative estimate of drug-likeness (QED) is 0.590. The van der Waals surface area contributed by atoms with E-state index in [4.69, 9.17) is 0 Å². The van der Waals surface area contributed by atoms with Crippen molar-refractivity contribution >= 4 is 5.91 Å². The fourth-order valence-corrected chi connectivity index (χ4v) is 0.792. The minimum absolute atomic E-state index is 0.0358. The first-order valence-corrected chi connectivity index (χ1v) is 3.55. The molecule has 3 nitrogen and oxygen atoms in total. The maximum Gasteiger partial charge on any atom is 0.236 e. The molecule has 2 N–H and O–H groups in total. The van der Waals surface area contributed by atoms with Gasteiger partial charge in [-0.25, -0.2) is 0 Å². The van der Waals surface area contributed by atoms with Crippen LogP contribution in [0.1, 0.15) is 20.8 Å². The molecule has 0 bridgehead atoms. The lowest BCUT2D eigenvalue weighted by molar-refractivity contribution is -0.122. The second-order valence-electron chi connectivity index (χ2n) is 2.66. The Morgan fingerprint density at radius 2 is 1.80 bits per heavy atom. The highest BCUT2D eigenvalue weighted by Crippen LogP contribution is 1.84. The maximum atomic E-state index is 10.9. The van der Waals surface area contributed by atoms with Crippen LogP contribution >= 0.6 is 0 Å². The molecule has 3 heteroatoms. The van der Waals surface area contributed by atoms with E-state index in [0.29, 0.717) is 6.04 Å². The van der Waals surface area contributed by atoms with E-state index in [-0.39, 0.29) is 11.9 Å². The maximum absolute atomic E-state index is 10.9. The molecule has 1 atom stereocenters. The summed E-state index contributed by atoms with van der Waals surface area (Å²) >= 11 is 0. The molecule has 0 aliphatic carbocycles. The monoisotopic (exact) mass is 144 g/mol. The Morgan fingerprint density at radius 3 is 2.10 bits per heavy atom. The Bertz CT molecular complexity index is 112. The van der Waals surface area contributed by atoms with Crippen molar-refractivity contribution < 1.29 is 4.79 Å². The zero-order valence-corrected chi connectivity index (χ0v) is 7.06. The van der Waals surface area contributed by atoms with Gasteiger partial charge in [0.25, 0.3) is 0 Å². The van der Waals surface area contributed by atoms with E-state index in [2.05, 4.69) is 10.6 Å². The number of likely N-dealkylation sites (N-methyl/N-ethyl adjacent to an activating group) is 1. The molecule has 0 heterocycles. The molecule has 1 unspecified atom stereocenters. The van der Waals surface area contributed by atoms with E-state index in [9.17, 15) is 4.79 Å². The minimum Gasteiger partial charge on any atom is -0.358 e. The molecule has 60 valence electrons. The molecule has 0 aromatic carbocycles. The van der Waals surface area contributed by atoms with Crippen LogP contribution in [0.5, 0.6) is 0 Å². The molecule has 0 radical (unpaired) electrons. The standard InChI is InChI=1S/C7H16N2O/c1-5(2)9-6(3)7(10)8-4/h5-6,9H,1-4H3,(H,8,10). The number of carbonyl (C=O) groups excluding carboxylic acids is 1. The number of amides is 1. The lowest BCUT2D eigenvalue weighted by Gasteiger charge is -2.14. The zero-order valence-electron chi connectivity index (χ0n) is 7.06. The summed E-state index contributed by atoms with van der Waals surface area (Å²) in [6.07, 6.45) is 0. The number of carbonyl (C=O) groups is 1. The van der Waals surface area contributed by atoms with Gasteiger partial charge >= 0.3 is 0 Å². The molecule has 0 rings (SSSR count). The van der Waals surface area contributed by atoms with Crippen LogP contribution < -0.4 is 10.6 Å². The van der Waals surface area contributed by atoms with Crippen LogP contribution in [0, 0.1) is 0 Å². The van der Waals surface area contributed by atoms with Crippen LogP contribution in [0.25, 0.3) is 0 Å². The smallest absolute Gasteiger partial charge is 0.236 e. The Hall–Kier alpha value is -0.570. The summed E-state index contributed by atoms with van der Waals surface area (Å²) in [5.74, 6) is 0.0358. The van der Waals surface area contributed by atoms with Crippen LogP contribution in [0.2, 0.25) is 0 Å². The first-order chi connectivity index (χ1) is 4.57. The van der Waals surface area contributed by atoms with Crippen molar-refractivity contribution in [3.8, 4) is 0 Å². The van der Waals surface area contributed by atoms with E-state index in [1.165, 1.54) is 0 Å². The molecule has 0 aromatic heterocycles. The summed E-state index contributed by atoms with van der Waals surface area (Å²) in [5, 5.41) is 5.65. The first kappa shape index (κ1) is 9.43. The van der Waals surface area contributed by atoms with Gasteiger partial charge in [-0.3, -0.25) is 4.79 Å². The van der Waals surface area contributed by atoms with Gasteiger partial charge in [-0.15, -0.1) is 0 Å². The average molecular weight is 144 g/mol. The van der Waals surface area contributed by atoms with Gasteiger partial charge in [0.2, 0.25) is 5.91 Å². The van der Waals surface area contributed by atoms with E-state index < -0.39 is 0 Å². The summed E-state index contributed by atoms with van der Waals surface area (Å²) in [6.45, 7) is 5.87. The van der Waals surface area contributed by atoms with Gasteiger partial charge in [0.05, 0.1) is 6.04 Å². The van der Waals surface area contributed by atoms with Crippen molar-refractivity contribution in [2.24, 2.45) is 0 Å². The summed E-state index contributed by atoms with van der Waals surface area (Å²) < 4.78 is 0. The second-order valence-corrected chi connectivity index (χ2v) is 2.66. The summed E-state index contributed by atoms with van der Waals surface area (Å²) in [4.78, 5) is 10.9. The van der Waals surface area contributed by atoms with E-state index in [1.807, 2.05) is 20.8 Å². The van der Waals surface area contributed by atoms with Crippen molar-refractivity contribution in [3.63, 3.8) is 0 Å². The Labute approximate surface area is 62.2 Å². The Kier molecular flexibility index (Phi) is 4.03. The Morgan fingerprint density at radius 1 is 1.30 bits per heavy atom. The molecular formula is C7H16N2O. The molecule has 0 saturated heterocycles. The highest BCUT2D eigenvalue weighted by atomic mass is 16.2. The highest BCUT2D eigenvalue weighted by Gasteiger charge is 2.09. The van der Waals surface area contributed by atoms with Gasteiger partial charge in [-0.1, -0.05) is 13.8 Å². The SMILES string of the molecule is CNC(=O)C(C)NC(C)C. The highest BCUT2D eigenvalue weighted by molar-refractivity contribution is 5.80. The van der Waals surface area contributed by atoms with Gasteiger partial charge in [-0.2, -0.15) is 0 Å². The lowest BCUT2D eigenvalue weighted by Crippen LogP contribution is -2.43. The van der Waals surface area contributed by atoms with Gasteiger partial charge < -0.3 is 10.6 Å². The number of nitrogens with one attached hydrogen (secondary N) is 2. The summed E-state index contributed by atoms with van der Waals surface area (Å²) in [6, 6.07) is 0.261. The van der Waals surface area contributed by atoms with E-state index in [1.54, 1.807) is 7.05 Å². The van der Waals surface area contributed by atoms with Crippen molar-refractivity contribution in [1.82, 2.24) is 10.6 Å². The summed E-state index contributed by atoms with van der Waals surface area (Å²) in [5.41, 5.74) is 0. The third-order valence-electron chi connectivity index (χ3n) is 1.22. The molecule has 0 aliphatic rings. The Balaban J connectivity index is 3.61. The van der Waals surface area contributed by atoms with Crippen LogP contribution in [0.4, 0.5) is 0 Å². The van der Waals surface area contributed by atoms with Gasteiger partial charge in [0.1, 0.15) is 0 Å². The van der Waals surface area contributed by atoms with Crippen LogP contribution in [-0.4, -0.2) is 25.0 Å². The zero-order chi connectivity index (χ0) is 8.15. The van der Waals surface area contributed by atoms with Crippen molar-refractivity contribution in [1.29, 1.82) is 0 Å². The van der Waals surface area contributed by atoms with Crippen LogP contribution in [0.3, 0.4) is 0 Å². The van der Waals surface area contributed by atoms with Crippen molar-refractivity contribution in [3.05, 3.63) is 0 Å². The number of hydrogen-bond acceptors (Lipinski definition) is 2. The first-order valence-electron chi connectivity index (χ1n) is 3.55. The van der Waals surface area contributed by atoms with Gasteiger partial charge in [0.15, 0.2) is 0 Å². The van der Waals surface area contributed by atoms with E-state index >= 15 is 0 Å². The molecule has 0 saturated carbocycles. The minimum atomic E-state index is -0.0926. The van der Waals surface area contributed by atoms with Crippen molar-refractivity contribution in [2.75, 3.05) is 7.05 Å². The van der Waals surface area contributed by atoms with Crippen LogP contribution in [0.15, 0.2) is 0 Å². The molecule has 0 fully saturated rings. The molecule has 1 amide bonds. The predicted octanol–water partition coefficient (Wildman–Crippen LogP) is 0.119. The third kappa shape index (κ3) is 3.45. The molecular weight excluding hydrogens is 128 g/mol. The van der Waals surface area contributed by atoms with E-state index in [0.717, 1.165) is 0 Å².